The smallest absolute Gasteiger partial charge is 0.418 e. The van der Waals surface area contributed by atoms with Gasteiger partial charge in [0.2, 0.25) is 0 Å². The summed E-state index contributed by atoms with van der Waals surface area (Å²) in [5.74, 6) is 0. The van der Waals surface area contributed by atoms with Crippen molar-refractivity contribution in [2.45, 2.75) is 0 Å². The summed E-state index contributed by atoms with van der Waals surface area (Å²) in [7, 11) is 0. The monoisotopic (exact) mass is 185 g/mol. The number of hydrogen-bond acceptors (Lipinski definition) is 2. The molecule has 0 unspecified atom stereocenters. The van der Waals surface area contributed by atoms with Gasteiger partial charge in [-0.3, -0.25) is 0 Å². The Balaban J connectivity index is 2.40. The van der Waals surface area contributed by atoms with Gasteiger partial charge in [-0.1, -0.05) is 0 Å². The van der Waals surface area contributed by atoms with E-state index in [-0.39, 0.29) is 0 Å². The molecule has 0 saturated heterocycles. The van der Waals surface area contributed by atoms with Crippen molar-refractivity contribution in [3.05, 3.63) is 0 Å². The minimum Gasteiger partial charge on any atom is -0.447 e. The Morgan fingerprint density at radius 1 is 2.00 bits per heavy atom. The highest BCUT2D eigenvalue weighted by atomic mass is 127. The van der Waals surface area contributed by atoms with Gasteiger partial charge in [-0.15, -0.1) is 0 Å². The highest BCUT2D eigenvalue weighted by molar-refractivity contribution is 14.1. The van der Waals surface area contributed by atoms with Crippen LogP contribution in [0.1, 0.15) is 0 Å². The van der Waals surface area contributed by atoms with Gasteiger partial charge in [0.05, 0.1) is 0 Å². The van der Waals surface area contributed by atoms with Crippen LogP contribution in [0, 0.1) is 0 Å². The number of halogens is 1. The molecule has 0 N–H and O–H groups in total. The Labute approximate surface area is 43.6 Å². The summed E-state index contributed by atoms with van der Waals surface area (Å²) in [5.41, 5.74) is 0. The molecule has 0 fully saturated rings. The SMILES string of the molecule is O=[C]OCI. The molecule has 0 atom stereocenters. The van der Waals surface area contributed by atoms with Gasteiger partial charge in [0.1, 0.15) is 4.61 Å². The molecule has 0 spiro atoms. The summed E-state index contributed by atoms with van der Waals surface area (Å²) in [6, 6.07) is 0. The van der Waals surface area contributed by atoms with Crippen molar-refractivity contribution >= 4 is 29.1 Å². The Hall–Kier alpha value is 0.200. The number of hydrogen-bond donors (Lipinski definition) is 0. The second-order valence-corrected chi connectivity index (χ2v) is 0.960. The summed E-state index contributed by atoms with van der Waals surface area (Å²) in [6.07, 6.45) is 0. The molecule has 0 aliphatic heterocycles. The van der Waals surface area contributed by atoms with E-state index in [1.165, 1.54) is 6.47 Å². The number of alkyl halides is 1. The van der Waals surface area contributed by atoms with Crippen LogP contribution in [0.15, 0.2) is 0 Å². The van der Waals surface area contributed by atoms with Gasteiger partial charge in [0.15, 0.2) is 0 Å². The molecular formula is C2H2IO2. The van der Waals surface area contributed by atoms with Crippen molar-refractivity contribution in [2.24, 2.45) is 0 Å². The van der Waals surface area contributed by atoms with Crippen LogP contribution in [0.5, 0.6) is 0 Å². The number of ether oxygens (including phenoxy) is 1. The quantitative estimate of drug-likeness (QED) is 0.461. The van der Waals surface area contributed by atoms with Crippen LogP contribution in [-0.2, 0) is 9.53 Å². The molecule has 1 radical (unpaired) electrons. The van der Waals surface area contributed by atoms with E-state index in [1.807, 2.05) is 22.6 Å². The van der Waals surface area contributed by atoms with Crippen LogP contribution < -0.4 is 0 Å². The van der Waals surface area contributed by atoms with Gasteiger partial charge in [-0.2, -0.15) is 0 Å². The van der Waals surface area contributed by atoms with Crippen LogP contribution in [0.3, 0.4) is 0 Å². The van der Waals surface area contributed by atoms with Crippen molar-refractivity contribution in [2.75, 3.05) is 4.61 Å². The van der Waals surface area contributed by atoms with Crippen LogP contribution in [0.2, 0.25) is 0 Å². The predicted octanol–water partition coefficient (Wildman–Crippen LogP) is 0.463. The first kappa shape index (κ1) is 5.20. The first-order valence-corrected chi connectivity index (χ1v) is 2.49. The largest absolute Gasteiger partial charge is 0.447 e. The Morgan fingerprint density at radius 2 is 2.60 bits per heavy atom. The average molecular weight is 185 g/mol. The fourth-order valence-corrected chi connectivity index (χ4v) is 0.149. The topological polar surface area (TPSA) is 26.3 Å². The Kier molecular flexibility index (Phi) is 4.37. The standard InChI is InChI=1S/C2H2IO2/c3-1-5-2-4/h1H2. The molecule has 0 bridgehead atoms. The molecule has 0 heterocycles. The zero-order valence-corrected chi connectivity index (χ0v) is 4.56. The summed E-state index contributed by atoms with van der Waals surface area (Å²) >= 11 is 1.90. The minimum absolute atomic E-state index is 0.390. The average Bonchev–Trinajstić information content (AvgIpc) is 1.41. The second kappa shape index (κ2) is 4.20. The maximum absolute atomic E-state index is 9.05. The second-order valence-electron chi connectivity index (χ2n) is 0.337. The van der Waals surface area contributed by atoms with Gasteiger partial charge in [-0.25, -0.2) is 4.79 Å². The van der Waals surface area contributed by atoms with Gasteiger partial charge >= 0.3 is 6.47 Å². The fraction of sp³-hybridized carbons (Fsp3) is 0.500. The lowest BCUT2D eigenvalue weighted by Crippen LogP contribution is -1.76. The highest BCUT2D eigenvalue weighted by Gasteiger charge is 1.66. The van der Waals surface area contributed by atoms with E-state index in [0.717, 1.165) is 0 Å². The zero-order valence-electron chi connectivity index (χ0n) is 2.40. The van der Waals surface area contributed by atoms with E-state index in [4.69, 9.17) is 4.79 Å². The molecule has 0 aromatic heterocycles. The maximum Gasteiger partial charge on any atom is 0.418 e. The minimum atomic E-state index is 0.390. The third-order valence-corrected chi connectivity index (χ3v) is 0.425. The highest BCUT2D eigenvalue weighted by Crippen LogP contribution is 1.75. The lowest BCUT2D eigenvalue weighted by molar-refractivity contribution is 0.345. The summed E-state index contributed by atoms with van der Waals surface area (Å²) in [4.78, 5) is 9.05. The number of carbonyl (C=O) groups excluding carboxylic acids is 1. The van der Waals surface area contributed by atoms with Crippen molar-refractivity contribution in [3.8, 4) is 0 Å². The summed E-state index contributed by atoms with van der Waals surface area (Å²) < 4.78 is 4.40. The molecule has 0 aliphatic carbocycles. The van der Waals surface area contributed by atoms with Crippen LogP contribution in [0.25, 0.3) is 0 Å². The van der Waals surface area contributed by atoms with Gasteiger partial charge in [0, 0.05) is 0 Å². The lowest BCUT2D eigenvalue weighted by atomic mass is 11.5. The molecule has 29 valence electrons. The van der Waals surface area contributed by atoms with Crippen molar-refractivity contribution in [1.82, 2.24) is 0 Å². The van der Waals surface area contributed by atoms with Crippen molar-refractivity contribution in [1.29, 1.82) is 0 Å². The molecule has 2 nitrogen and oxygen atoms in total. The molecule has 0 rings (SSSR count). The fourth-order valence-electron chi connectivity index (χ4n) is 0.0223. The molecule has 5 heavy (non-hydrogen) atoms. The zero-order chi connectivity index (χ0) is 4.12. The molecule has 0 aliphatic rings. The van der Waals surface area contributed by atoms with E-state index < -0.39 is 0 Å². The van der Waals surface area contributed by atoms with Crippen LogP contribution in [0.4, 0.5) is 0 Å². The van der Waals surface area contributed by atoms with Crippen LogP contribution >= 0.6 is 22.6 Å². The first-order valence-electron chi connectivity index (χ1n) is 0.964. The van der Waals surface area contributed by atoms with E-state index in [2.05, 4.69) is 4.74 Å². The van der Waals surface area contributed by atoms with Crippen molar-refractivity contribution in [3.63, 3.8) is 0 Å². The van der Waals surface area contributed by atoms with E-state index >= 15 is 0 Å². The maximum atomic E-state index is 9.05. The Morgan fingerprint density at radius 3 is 2.60 bits per heavy atom. The van der Waals surface area contributed by atoms with E-state index in [9.17, 15) is 0 Å². The van der Waals surface area contributed by atoms with Crippen molar-refractivity contribution < 1.29 is 9.53 Å². The van der Waals surface area contributed by atoms with E-state index in [1.54, 1.807) is 0 Å². The van der Waals surface area contributed by atoms with Gasteiger partial charge in [0.25, 0.3) is 0 Å². The summed E-state index contributed by atoms with van der Waals surface area (Å²) in [5, 5.41) is 0. The van der Waals surface area contributed by atoms with E-state index in [0.29, 0.717) is 4.61 Å². The first-order chi connectivity index (χ1) is 2.41. The molecule has 3 heteroatoms. The third-order valence-electron chi connectivity index (χ3n) is 0.113. The molecule has 0 amide bonds. The summed E-state index contributed by atoms with van der Waals surface area (Å²) in [6.45, 7) is 1.26. The predicted molar refractivity (Wildman–Crippen MR) is 25.7 cm³/mol. The van der Waals surface area contributed by atoms with Gasteiger partial charge < -0.3 is 4.74 Å². The number of rotatable bonds is 2. The third kappa shape index (κ3) is 4.20. The molecule has 0 aromatic carbocycles. The van der Waals surface area contributed by atoms with Gasteiger partial charge in [-0.05, 0) is 22.6 Å². The molecule has 0 saturated carbocycles. The lowest BCUT2D eigenvalue weighted by Gasteiger charge is -1.75. The normalized spacial score (nSPS) is 6.60. The molecular weight excluding hydrogens is 183 g/mol. The molecule has 0 aromatic rings. The van der Waals surface area contributed by atoms with Crippen LogP contribution in [-0.4, -0.2) is 11.1 Å². The Bertz CT molecular complexity index is 28.8.